The van der Waals surface area contributed by atoms with E-state index in [1.165, 1.54) is 22.3 Å². The van der Waals surface area contributed by atoms with Gasteiger partial charge in [0.15, 0.2) is 0 Å². The summed E-state index contributed by atoms with van der Waals surface area (Å²) in [6.07, 6.45) is 3.48. The number of amides is 2. The Labute approximate surface area is 206 Å². The van der Waals surface area contributed by atoms with E-state index in [-0.39, 0.29) is 24.2 Å². The summed E-state index contributed by atoms with van der Waals surface area (Å²) in [5.41, 5.74) is 4.79. The van der Waals surface area contributed by atoms with Gasteiger partial charge in [0.2, 0.25) is 5.91 Å². The van der Waals surface area contributed by atoms with E-state index < -0.39 is 12.1 Å². The fraction of sp³-hybridized carbons (Fsp3) is 0.464. The van der Waals surface area contributed by atoms with E-state index in [2.05, 4.69) is 29.6 Å². The molecule has 2 aromatic carbocycles. The van der Waals surface area contributed by atoms with Crippen LogP contribution in [0, 0.1) is 11.8 Å². The Balaban J connectivity index is 1.19. The standard InChI is InChI=1S/C28H34N2O5/c1-30(16-6-11-26(31)32)27(33)20-14-12-19(13-15-20)17-29-28(34)35-18-25-23-9-4-2-7-21(23)22-8-3-5-10-24(22)25/h2-5,7-10,19-20,25H,6,11-18H2,1H3,(H,29,34)(H,31,32). The Morgan fingerprint density at radius 1 is 0.971 bits per heavy atom. The maximum atomic E-state index is 12.6. The Kier molecular flexibility index (Phi) is 8.06. The largest absolute Gasteiger partial charge is 0.481 e. The molecule has 2 aliphatic carbocycles. The summed E-state index contributed by atoms with van der Waals surface area (Å²) in [6, 6.07) is 16.5. The average molecular weight is 479 g/mol. The summed E-state index contributed by atoms with van der Waals surface area (Å²) in [5.74, 6) is -0.386. The van der Waals surface area contributed by atoms with Gasteiger partial charge in [-0.2, -0.15) is 0 Å². The number of rotatable bonds is 9. The minimum Gasteiger partial charge on any atom is -0.481 e. The number of benzene rings is 2. The van der Waals surface area contributed by atoms with Crippen LogP contribution in [0.25, 0.3) is 11.1 Å². The highest BCUT2D eigenvalue weighted by Crippen LogP contribution is 2.44. The van der Waals surface area contributed by atoms with E-state index >= 15 is 0 Å². The minimum atomic E-state index is -0.838. The van der Waals surface area contributed by atoms with Crippen LogP contribution in [0.15, 0.2) is 48.5 Å². The highest BCUT2D eigenvalue weighted by atomic mass is 16.5. The Morgan fingerprint density at radius 3 is 2.17 bits per heavy atom. The zero-order valence-electron chi connectivity index (χ0n) is 20.2. The molecule has 0 aromatic heterocycles. The van der Waals surface area contributed by atoms with Gasteiger partial charge in [-0.1, -0.05) is 48.5 Å². The molecule has 0 spiro atoms. The first-order valence-corrected chi connectivity index (χ1v) is 12.5. The molecule has 0 atom stereocenters. The summed E-state index contributed by atoms with van der Waals surface area (Å²) in [7, 11) is 1.75. The van der Waals surface area contributed by atoms with Crippen LogP contribution < -0.4 is 5.32 Å². The summed E-state index contributed by atoms with van der Waals surface area (Å²) in [6.45, 7) is 1.32. The van der Waals surface area contributed by atoms with Crippen LogP contribution in [0.1, 0.15) is 55.6 Å². The van der Waals surface area contributed by atoms with Gasteiger partial charge in [-0.05, 0) is 60.3 Å². The van der Waals surface area contributed by atoms with Crippen LogP contribution in [0.3, 0.4) is 0 Å². The van der Waals surface area contributed by atoms with Crippen molar-refractivity contribution < 1.29 is 24.2 Å². The number of nitrogens with one attached hydrogen (secondary N) is 1. The quantitative estimate of drug-likeness (QED) is 0.547. The number of hydrogen-bond donors (Lipinski definition) is 2. The zero-order valence-corrected chi connectivity index (χ0v) is 20.2. The molecule has 4 rings (SSSR count). The zero-order chi connectivity index (χ0) is 24.8. The molecule has 1 saturated carbocycles. The highest BCUT2D eigenvalue weighted by Gasteiger charge is 2.30. The second kappa shape index (κ2) is 11.4. The topological polar surface area (TPSA) is 95.9 Å². The molecule has 0 bridgehead atoms. The number of carboxylic acid groups (broad SMARTS) is 1. The molecule has 7 heteroatoms. The summed E-state index contributed by atoms with van der Waals surface area (Å²) < 4.78 is 5.62. The van der Waals surface area contributed by atoms with Crippen molar-refractivity contribution in [1.82, 2.24) is 10.2 Å². The van der Waals surface area contributed by atoms with E-state index in [9.17, 15) is 14.4 Å². The molecule has 2 aromatic rings. The van der Waals surface area contributed by atoms with Gasteiger partial charge in [0, 0.05) is 38.4 Å². The van der Waals surface area contributed by atoms with Crippen LogP contribution in [-0.4, -0.2) is 54.7 Å². The molecular formula is C28H34N2O5. The van der Waals surface area contributed by atoms with Crippen molar-refractivity contribution in [3.05, 3.63) is 59.7 Å². The summed E-state index contributed by atoms with van der Waals surface area (Å²) in [5, 5.41) is 11.7. The van der Waals surface area contributed by atoms with E-state index in [4.69, 9.17) is 9.84 Å². The van der Waals surface area contributed by atoms with Gasteiger partial charge < -0.3 is 20.1 Å². The van der Waals surface area contributed by atoms with Crippen molar-refractivity contribution in [2.75, 3.05) is 26.7 Å². The fourth-order valence-corrected chi connectivity index (χ4v) is 5.38. The van der Waals surface area contributed by atoms with Crippen molar-refractivity contribution in [3.8, 4) is 11.1 Å². The third-order valence-electron chi connectivity index (χ3n) is 7.34. The number of ether oxygens (including phenoxy) is 1. The van der Waals surface area contributed by atoms with Gasteiger partial charge in [0.05, 0.1) is 0 Å². The fourth-order valence-electron chi connectivity index (χ4n) is 5.38. The van der Waals surface area contributed by atoms with Crippen molar-refractivity contribution in [2.24, 2.45) is 11.8 Å². The van der Waals surface area contributed by atoms with E-state index in [0.717, 1.165) is 25.7 Å². The number of carboxylic acids is 1. The smallest absolute Gasteiger partial charge is 0.407 e. The number of hydrogen-bond acceptors (Lipinski definition) is 4. The van der Waals surface area contributed by atoms with Gasteiger partial charge in [0.25, 0.3) is 0 Å². The van der Waals surface area contributed by atoms with Gasteiger partial charge >= 0.3 is 12.1 Å². The molecule has 186 valence electrons. The number of aliphatic carboxylic acids is 1. The van der Waals surface area contributed by atoms with Crippen LogP contribution in [0.5, 0.6) is 0 Å². The van der Waals surface area contributed by atoms with Crippen LogP contribution in [0.4, 0.5) is 4.79 Å². The highest BCUT2D eigenvalue weighted by molar-refractivity contribution is 5.79. The van der Waals surface area contributed by atoms with Gasteiger partial charge in [-0.25, -0.2) is 4.79 Å². The average Bonchev–Trinajstić information content (AvgIpc) is 3.19. The van der Waals surface area contributed by atoms with Gasteiger partial charge in [-0.15, -0.1) is 0 Å². The lowest BCUT2D eigenvalue weighted by Gasteiger charge is -2.30. The third kappa shape index (κ3) is 6.02. The maximum absolute atomic E-state index is 12.6. The third-order valence-corrected chi connectivity index (χ3v) is 7.34. The summed E-state index contributed by atoms with van der Waals surface area (Å²) in [4.78, 5) is 37.4. The number of alkyl carbamates (subject to hydrolysis) is 1. The Bertz CT molecular complexity index is 1020. The molecule has 0 unspecified atom stereocenters. The monoisotopic (exact) mass is 478 g/mol. The predicted molar refractivity (Wildman–Crippen MR) is 133 cm³/mol. The number of nitrogens with zero attached hydrogens (tertiary/aromatic N) is 1. The molecule has 2 aliphatic rings. The molecule has 0 saturated heterocycles. The normalized spacial score (nSPS) is 18.9. The van der Waals surface area contributed by atoms with Crippen LogP contribution >= 0.6 is 0 Å². The molecular weight excluding hydrogens is 444 g/mol. The van der Waals surface area contributed by atoms with Crippen LogP contribution in [-0.2, 0) is 14.3 Å². The van der Waals surface area contributed by atoms with Gasteiger partial charge in [-0.3, -0.25) is 9.59 Å². The lowest BCUT2D eigenvalue weighted by atomic mass is 9.81. The number of carbonyl (C=O) groups excluding carboxylic acids is 2. The molecule has 35 heavy (non-hydrogen) atoms. The first-order valence-electron chi connectivity index (χ1n) is 12.5. The second-order valence-corrected chi connectivity index (χ2v) is 9.68. The first kappa shape index (κ1) is 24.8. The van der Waals surface area contributed by atoms with Crippen molar-refractivity contribution in [1.29, 1.82) is 0 Å². The van der Waals surface area contributed by atoms with E-state index in [0.29, 0.717) is 32.0 Å². The molecule has 0 radical (unpaired) electrons. The second-order valence-electron chi connectivity index (χ2n) is 9.68. The number of fused-ring (bicyclic) bond motifs is 3. The van der Waals surface area contributed by atoms with Crippen LogP contribution in [0.2, 0.25) is 0 Å². The molecule has 0 aliphatic heterocycles. The molecule has 2 N–H and O–H groups in total. The maximum Gasteiger partial charge on any atom is 0.407 e. The van der Waals surface area contributed by atoms with E-state index in [1.807, 2.05) is 24.3 Å². The summed E-state index contributed by atoms with van der Waals surface area (Å²) >= 11 is 0. The molecule has 1 fully saturated rings. The molecule has 2 amide bonds. The Morgan fingerprint density at radius 2 is 1.57 bits per heavy atom. The Hall–Kier alpha value is -3.35. The molecule has 7 nitrogen and oxygen atoms in total. The predicted octanol–water partition coefficient (Wildman–Crippen LogP) is 4.65. The lowest BCUT2D eigenvalue weighted by Crippen LogP contribution is -2.37. The first-order chi connectivity index (χ1) is 16.9. The van der Waals surface area contributed by atoms with Gasteiger partial charge in [0.1, 0.15) is 6.61 Å². The van der Waals surface area contributed by atoms with Crippen molar-refractivity contribution in [2.45, 2.75) is 44.4 Å². The number of carbonyl (C=O) groups is 3. The minimum absolute atomic E-state index is 0.0180. The lowest BCUT2D eigenvalue weighted by molar-refractivity contribution is -0.139. The van der Waals surface area contributed by atoms with Crippen molar-refractivity contribution in [3.63, 3.8) is 0 Å². The molecule has 0 heterocycles. The SMILES string of the molecule is CN(CCCC(=O)O)C(=O)C1CCC(CNC(=O)OCC2c3ccccc3-c3ccccc32)CC1. The van der Waals surface area contributed by atoms with E-state index in [1.54, 1.807) is 11.9 Å². The van der Waals surface area contributed by atoms with Crippen molar-refractivity contribution >= 4 is 18.0 Å².